The van der Waals surface area contributed by atoms with Crippen molar-refractivity contribution in [2.24, 2.45) is 5.73 Å². The minimum absolute atomic E-state index is 0.627. The van der Waals surface area contributed by atoms with Crippen LogP contribution in [0.2, 0.25) is 0 Å². The molecule has 0 amide bonds. The average molecular weight is 180 g/mol. The number of nitrogens with two attached hydrogens (primary N) is 1. The van der Waals surface area contributed by atoms with E-state index < -0.39 is 0 Å². The Hall–Kier alpha value is -1.03. The van der Waals surface area contributed by atoms with Crippen LogP contribution >= 0.6 is 0 Å². The highest BCUT2D eigenvalue weighted by Gasteiger charge is 2.24. The number of aromatic amines is 1. The number of hydrogen-bond acceptors (Lipinski definition) is 3. The summed E-state index contributed by atoms with van der Waals surface area (Å²) in [5, 5.41) is 6.81. The predicted molar refractivity (Wildman–Crippen MR) is 52.6 cm³/mol. The van der Waals surface area contributed by atoms with Crippen molar-refractivity contribution >= 4 is 5.69 Å². The topological polar surface area (TPSA) is 57.9 Å². The molecule has 0 saturated carbocycles. The smallest absolute Gasteiger partial charge is 0.0752 e. The molecular formula is C9H16N4. The summed E-state index contributed by atoms with van der Waals surface area (Å²) in [5.41, 5.74) is 6.78. The minimum Gasteiger partial charge on any atom is -0.366 e. The first-order chi connectivity index (χ1) is 6.42. The summed E-state index contributed by atoms with van der Waals surface area (Å²) in [4.78, 5) is 2.40. The number of nitrogens with zero attached hydrogens (tertiary/aromatic N) is 2. The minimum atomic E-state index is 0.627. The standard InChI is InChI=1S/C9H16N4/c10-4-3-8-2-1-5-13(8)9-6-11-12-7-9/h6-8H,1-5,10H2,(H,11,12). The molecule has 4 nitrogen and oxygen atoms in total. The van der Waals surface area contributed by atoms with Crippen LogP contribution in [0, 0.1) is 0 Å². The van der Waals surface area contributed by atoms with Crippen LogP contribution in [0.25, 0.3) is 0 Å². The summed E-state index contributed by atoms with van der Waals surface area (Å²) in [6.45, 7) is 1.92. The first-order valence-electron chi connectivity index (χ1n) is 4.87. The lowest BCUT2D eigenvalue weighted by Gasteiger charge is -2.24. The maximum Gasteiger partial charge on any atom is 0.0752 e. The number of hydrogen-bond donors (Lipinski definition) is 2. The van der Waals surface area contributed by atoms with Crippen molar-refractivity contribution < 1.29 is 0 Å². The lowest BCUT2D eigenvalue weighted by Crippen LogP contribution is -2.30. The van der Waals surface area contributed by atoms with Crippen molar-refractivity contribution in [3.05, 3.63) is 12.4 Å². The molecule has 1 aliphatic rings. The first-order valence-corrected chi connectivity index (χ1v) is 4.87. The number of H-pyrrole nitrogens is 1. The molecule has 0 bridgehead atoms. The lowest BCUT2D eigenvalue weighted by molar-refractivity contribution is 0.618. The fourth-order valence-electron chi connectivity index (χ4n) is 2.07. The Bertz CT molecular complexity index is 244. The number of rotatable bonds is 3. The van der Waals surface area contributed by atoms with Crippen LogP contribution in [0.4, 0.5) is 5.69 Å². The highest BCUT2D eigenvalue weighted by molar-refractivity contribution is 5.44. The van der Waals surface area contributed by atoms with E-state index >= 15 is 0 Å². The molecule has 1 aliphatic heterocycles. The van der Waals surface area contributed by atoms with Crippen LogP contribution in [0.15, 0.2) is 12.4 Å². The maximum atomic E-state index is 5.57. The van der Waals surface area contributed by atoms with E-state index in [1.54, 1.807) is 0 Å². The van der Waals surface area contributed by atoms with E-state index in [-0.39, 0.29) is 0 Å². The summed E-state index contributed by atoms with van der Waals surface area (Å²) in [6, 6.07) is 0.627. The Morgan fingerprint density at radius 3 is 3.31 bits per heavy atom. The first kappa shape index (κ1) is 8.56. The van der Waals surface area contributed by atoms with E-state index in [9.17, 15) is 0 Å². The van der Waals surface area contributed by atoms with E-state index in [0.29, 0.717) is 6.04 Å². The number of anilines is 1. The third kappa shape index (κ3) is 1.67. The molecule has 0 aliphatic carbocycles. The van der Waals surface area contributed by atoms with Crippen LogP contribution in [0.5, 0.6) is 0 Å². The van der Waals surface area contributed by atoms with E-state index in [1.165, 1.54) is 18.5 Å². The Kier molecular flexibility index (Phi) is 2.49. The van der Waals surface area contributed by atoms with Gasteiger partial charge in [-0.2, -0.15) is 5.10 Å². The van der Waals surface area contributed by atoms with E-state index in [0.717, 1.165) is 19.5 Å². The van der Waals surface area contributed by atoms with E-state index in [1.807, 2.05) is 12.4 Å². The van der Waals surface area contributed by atoms with E-state index in [4.69, 9.17) is 5.73 Å². The van der Waals surface area contributed by atoms with Crippen molar-refractivity contribution in [1.29, 1.82) is 0 Å². The monoisotopic (exact) mass is 180 g/mol. The summed E-state index contributed by atoms with van der Waals surface area (Å²) in [6.07, 6.45) is 7.47. The average Bonchev–Trinajstić information content (AvgIpc) is 2.71. The van der Waals surface area contributed by atoms with Crippen molar-refractivity contribution in [3.8, 4) is 0 Å². The van der Waals surface area contributed by atoms with Crippen molar-refractivity contribution in [2.45, 2.75) is 25.3 Å². The molecule has 1 atom stereocenters. The van der Waals surface area contributed by atoms with Gasteiger partial charge in [0.1, 0.15) is 0 Å². The summed E-state index contributed by atoms with van der Waals surface area (Å²) in [5.74, 6) is 0. The predicted octanol–water partition coefficient (Wildman–Crippen LogP) is 0.727. The molecule has 1 aromatic heterocycles. The summed E-state index contributed by atoms with van der Waals surface area (Å²) >= 11 is 0. The molecule has 1 aromatic rings. The van der Waals surface area contributed by atoms with Crippen LogP contribution in [-0.2, 0) is 0 Å². The third-order valence-corrected chi connectivity index (χ3v) is 2.69. The van der Waals surface area contributed by atoms with Gasteiger partial charge in [-0.25, -0.2) is 0 Å². The molecule has 2 heterocycles. The molecule has 1 saturated heterocycles. The van der Waals surface area contributed by atoms with Crippen LogP contribution in [0.1, 0.15) is 19.3 Å². The van der Waals surface area contributed by atoms with Crippen molar-refractivity contribution in [2.75, 3.05) is 18.0 Å². The second-order valence-corrected chi connectivity index (χ2v) is 3.52. The second-order valence-electron chi connectivity index (χ2n) is 3.52. The van der Waals surface area contributed by atoms with Crippen molar-refractivity contribution in [1.82, 2.24) is 10.2 Å². The largest absolute Gasteiger partial charge is 0.366 e. The summed E-state index contributed by atoms with van der Waals surface area (Å²) < 4.78 is 0. The van der Waals surface area contributed by atoms with Gasteiger partial charge in [0.2, 0.25) is 0 Å². The molecular weight excluding hydrogens is 164 g/mol. The Labute approximate surface area is 78.1 Å². The molecule has 1 fully saturated rings. The van der Waals surface area contributed by atoms with Gasteiger partial charge >= 0.3 is 0 Å². The number of nitrogens with one attached hydrogen (secondary N) is 1. The highest BCUT2D eigenvalue weighted by Crippen LogP contribution is 2.25. The molecule has 0 spiro atoms. The Balaban J connectivity index is 2.05. The van der Waals surface area contributed by atoms with Crippen LogP contribution in [0.3, 0.4) is 0 Å². The van der Waals surface area contributed by atoms with Gasteiger partial charge in [-0.15, -0.1) is 0 Å². The number of aromatic nitrogens is 2. The SMILES string of the molecule is NCCC1CCCN1c1cn[nH]c1. The molecule has 1 unspecified atom stereocenters. The van der Waals surface area contributed by atoms with Gasteiger partial charge in [-0.1, -0.05) is 0 Å². The van der Waals surface area contributed by atoms with Gasteiger partial charge in [0.25, 0.3) is 0 Å². The van der Waals surface area contributed by atoms with Crippen LogP contribution in [-0.4, -0.2) is 29.3 Å². The quantitative estimate of drug-likeness (QED) is 0.721. The highest BCUT2D eigenvalue weighted by atomic mass is 15.2. The molecule has 13 heavy (non-hydrogen) atoms. The van der Waals surface area contributed by atoms with Gasteiger partial charge < -0.3 is 10.6 Å². The lowest BCUT2D eigenvalue weighted by atomic mass is 10.1. The molecule has 0 aromatic carbocycles. The summed E-state index contributed by atoms with van der Waals surface area (Å²) in [7, 11) is 0. The second kappa shape index (κ2) is 3.79. The maximum absolute atomic E-state index is 5.57. The van der Waals surface area contributed by atoms with Crippen molar-refractivity contribution in [3.63, 3.8) is 0 Å². The van der Waals surface area contributed by atoms with E-state index in [2.05, 4.69) is 15.1 Å². The van der Waals surface area contributed by atoms with Gasteiger partial charge in [0.05, 0.1) is 11.9 Å². The molecule has 72 valence electrons. The zero-order chi connectivity index (χ0) is 9.10. The fraction of sp³-hybridized carbons (Fsp3) is 0.667. The van der Waals surface area contributed by atoms with Gasteiger partial charge in [-0.05, 0) is 25.8 Å². The third-order valence-electron chi connectivity index (χ3n) is 2.69. The molecule has 3 N–H and O–H groups in total. The fourth-order valence-corrected chi connectivity index (χ4v) is 2.07. The van der Waals surface area contributed by atoms with Gasteiger partial charge in [0, 0.05) is 18.8 Å². The zero-order valence-electron chi connectivity index (χ0n) is 7.74. The normalized spacial score (nSPS) is 22.5. The molecule has 0 radical (unpaired) electrons. The molecule has 4 heteroatoms. The molecule has 2 rings (SSSR count). The van der Waals surface area contributed by atoms with Gasteiger partial charge in [-0.3, -0.25) is 5.10 Å². The Morgan fingerprint density at radius 2 is 2.62 bits per heavy atom. The van der Waals surface area contributed by atoms with Gasteiger partial charge in [0.15, 0.2) is 0 Å². The van der Waals surface area contributed by atoms with Crippen LogP contribution < -0.4 is 10.6 Å². The Morgan fingerprint density at radius 1 is 1.69 bits per heavy atom. The zero-order valence-corrected chi connectivity index (χ0v) is 7.74.